The first-order valence-electron chi connectivity index (χ1n) is 5.57. The second-order valence-corrected chi connectivity index (χ2v) is 4.98. The third kappa shape index (κ3) is 2.24. The van der Waals surface area contributed by atoms with Gasteiger partial charge >= 0.3 is 0 Å². The van der Waals surface area contributed by atoms with Crippen molar-refractivity contribution in [3.8, 4) is 0 Å². The van der Waals surface area contributed by atoms with Crippen molar-refractivity contribution < 1.29 is 4.79 Å². The monoisotopic (exact) mass is 249 g/mol. The summed E-state index contributed by atoms with van der Waals surface area (Å²) in [5, 5.41) is 3.76. The van der Waals surface area contributed by atoms with Crippen molar-refractivity contribution in [3.05, 3.63) is 23.2 Å². The first-order chi connectivity index (χ1) is 8.13. The molecule has 2 heterocycles. The zero-order chi connectivity index (χ0) is 12.4. The maximum absolute atomic E-state index is 12.0. The highest BCUT2D eigenvalue weighted by atomic mass is 32.1. The fraction of sp³-hybridized carbons (Fsp3) is 0.333. The van der Waals surface area contributed by atoms with E-state index in [9.17, 15) is 4.79 Å². The molecule has 0 saturated heterocycles. The number of hydrogen-bond acceptors (Lipinski definition) is 4. The summed E-state index contributed by atoms with van der Waals surface area (Å²) in [6.07, 6.45) is 2.60. The lowest BCUT2D eigenvalue weighted by Crippen LogP contribution is -2.31. The van der Waals surface area contributed by atoms with E-state index in [1.165, 1.54) is 11.3 Å². The quantitative estimate of drug-likeness (QED) is 0.877. The maximum Gasteiger partial charge on any atom is 0.263 e. The minimum atomic E-state index is -0.111. The summed E-state index contributed by atoms with van der Waals surface area (Å²) in [7, 11) is 0. The number of rotatable bonds is 3. The highest BCUT2D eigenvalue weighted by molar-refractivity contribution is 7.21. The Labute approximate surface area is 104 Å². The number of aromatic nitrogens is 1. The van der Waals surface area contributed by atoms with Crippen LogP contribution in [0.1, 0.15) is 29.9 Å². The molecule has 2 rings (SSSR count). The molecule has 2 aromatic heterocycles. The molecule has 17 heavy (non-hydrogen) atoms. The second-order valence-electron chi connectivity index (χ2n) is 3.98. The molecule has 4 nitrogen and oxygen atoms in total. The van der Waals surface area contributed by atoms with E-state index in [4.69, 9.17) is 5.73 Å². The van der Waals surface area contributed by atoms with Crippen LogP contribution in [0.4, 0.5) is 5.69 Å². The van der Waals surface area contributed by atoms with Gasteiger partial charge in [-0.3, -0.25) is 4.79 Å². The minimum absolute atomic E-state index is 0.111. The van der Waals surface area contributed by atoms with E-state index in [1.54, 1.807) is 6.20 Å². The molecule has 0 fully saturated rings. The molecule has 2 aromatic rings. The number of nitrogens with zero attached hydrogens (tertiary/aromatic N) is 1. The van der Waals surface area contributed by atoms with Crippen molar-refractivity contribution >= 4 is 33.1 Å². The average Bonchev–Trinajstić information content (AvgIpc) is 2.67. The predicted octanol–water partition coefficient (Wildman–Crippen LogP) is 2.41. The Morgan fingerprint density at radius 3 is 3.06 bits per heavy atom. The molecule has 0 aromatic carbocycles. The Balaban J connectivity index is 2.35. The molecule has 90 valence electrons. The van der Waals surface area contributed by atoms with Gasteiger partial charge < -0.3 is 11.1 Å². The summed E-state index contributed by atoms with van der Waals surface area (Å²) >= 11 is 1.34. The zero-order valence-electron chi connectivity index (χ0n) is 9.86. The number of nitrogens with two attached hydrogens (primary N) is 1. The van der Waals surface area contributed by atoms with Gasteiger partial charge in [-0.15, -0.1) is 11.3 Å². The Kier molecular flexibility index (Phi) is 3.28. The van der Waals surface area contributed by atoms with Gasteiger partial charge in [0.25, 0.3) is 5.91 Å². The summed E-state index contributed by atoms with van der Waals surface area (Å²) in [5.74, 6) is -0.111. The number of nitrogen functional groups attached to an aromatic ring is 1. The number of pyridine rings is 1. The van der Waals surface area contributed by atoms with Gasteiger partial charge in [0.2, 0.25) is 0 Å². The molecule has 0 spiro atoms. The number of thiophene rings is 1. The van der Waals surface area contributed by atoms with Gasteiger partial charge in [0.15, 0.2) is 0 Å². The van der Waals surface area contributed by atoms with Gasteiger partial charge in [-0.05, 0) is 25.5 Å². The molecule has 1 atom stereocenters. The van der Waals surface area contributed by atoms with Crippen LogP contribution in [0.3, 0.4) is 0 Å². The average molecular weight is 249 g/mol. The lowest BCUT2D eigenvalue weighted by molar-refractivity contribution is 0.0944. The number of fused-ring (bicyclic) bond motifs is 1. The summed E-state index contributed by atoms with van der Waals surface area (Å²) in [6, 6.07) is 3.86. The van der Waals surface area contributed by atoms with Crippen molar-refractivity contribution in [2.24, 2.45) is 0 Å². The molecule has 0 aliphatic rings. The van der Waals surface area contributed by atoms with Crippen molar-refractivity contribution in [3.63, 3.8) is 0 Å². The molecule has 1 amide bonds. The molecule has 1 unspecified atom stereocenters. The standard InChI is InChI=1S/C12H15N3OS/c1-3-7(2)15-11(16)10-9(13)8-5-4-6-14-12(8)17-10/h4-7H,3,13H2,1-2H3,(H,15,16). The number of nitrogens with one attached hydrogen (secondary N) is 1. The first-order valence-corrected chi connectivity index (χ1v) is 6.39. The Bertz CT molecular complexity index is 550. The summed E-state index contributed by atoms with van der Waals surface area (Å²) in [4.78, 5) is 17.6. The Hall–Kier alpha value is -1.62. The van der Waals surface area contributed by atoms with Gasteiger partial charge in [-0.2, -0.15) is 0 Å². The normalized spacial score (nSPS) is 12.6. The third-order valence-corrected chi connectivity index (χ3v) is 3.83. The number of amides is 1. The zero-order valence-corrected chi connectivity index (χ0v) is 10.7. The summed E-state index contributed by atoms with van der Waals surface area (Å²) < 4.78 is 0. The van der Waals surface area contributed by atoms with Crippen LogP contribution in [0.15, 0.2) is 18.3 Å². The highest BCUT2D eigenvalue weighted by Crippen LogP contribution is 2.31. The topological polar surface area (TPSA) is 68.0 Å². The van der Waals surface area contributed by atoms with Crippen LogP contribution >= 0.6 is 11.3 Å². The van der Waals surface area contributed by atoms with Crippen LogP contribution < -0.4 is 11.1 Å². The van der Waals surface area contributed by atoms with Crippen LogP contribution in [0.25, 0.3) is 10.2 Å². The molecular formula is C12H15N3OS. The van der Waals surface area contributed by atoms with Gasteiger partial charge in [-0.25, -0.2) is 4.98 Å². The van der Waals surface area contributed by atoms with E-state index in [2.05, 4.69) is 10.3 Å². The van der Waals surface area contributed by atoms with Crippen LogP contribution in [-0.2, 0) is 0 Å². The lowest BCUT2D eigenvalue weighted by atomic mass is 10.2. The number of hydrogen-bond donors (Lipinski definition) is 2. The fourth-order valence-electron chi connectivity index (χ4n) is 1.51. The van der Waals surface area contributed by atoms with Crippen LogP contribution in [0.5, 0.6) is 0 Å². The van der Waals surface area contributed by atoms with E-state index in [0.717, 1.165) is 16.6 Å². The highest BCUT2D eigenvalue weighted by Gasteiger charge is 2.17. The lowest BCUT2D eigenvalue weighted by Gasteiger charge is -2.10. The maximum atomic E-state index is 12.0. The van der Waals surface area contributed by atoms with Crippen molar-refractivity contribution in [1.29, 1.82) is 0 Å². The van der Waals surface area contributed by atoms with Gasteiger partial charge in [0, 0.05) is 17.6 Å². The minimum Gasteiger partial charge on any atom is -0.397 e. The van der Waals surface area contributed by atoms with Gasteiger partial charge in [-0.1, -0.05) is 6.92 Å². The van der Waals surface area contributed by atoms with E-state index >= 15 is 0 Å². The molecule has 5 heteroatoms. The number of carbonyl (C=O) groups is 1. The largest absolute Gasteiger partial charge is 0.397 e. The van der Waals surface area contributed by atoms with Gasteiger partial charge in [0.1, 0.15) is 9.71 Å². The molecule has 3 N–H and O–H groups in total. The van der Waals surface area contributed by atoms with Crippen LogP contribution in [0, 0.1) is 0 Å². The number of anilines is 1. The molecule has 0 aliphatic heterocycles. The van der Waals surface area contributed by atoms with Crippen molar-refractivity contribution in [1.82, 2.24) is 10.3 Å². The third-order valence-electron chi connectivity index (χ3n) is 2.70. The molecular weight excluding hydrogens is 234 g/mol. The summed E-state index contributed by atoms with van der Waals surface area (Å²) in [6.45, 7) is 4.00. The van der Waals surface area contributed by atoms with E-state index < -0.39 is 0 Å². The number of carbonyl (C=O) groups excluding carboxylic acids is 1. The second kappa shape index (κ2) is 4.71. The SMILES string of the molecule is CCC(C)NC(=O)c1sc2ncccc2c1N. The van der Waals surface area contributed by atoms with Crippen molar-refractivity contribution in [2.45, 2.75) is 26.3 Å². The van der Waals surface area contributed by atoms with E-state index in [-0.39, 0.29) is 11.9 Å². The van der Waals surface area contributed by atoms with E-state index in [0.29, 0.717) is 10.6 Å². The first kappa shape index (κ1) is 11.9. The Morgan fingerprint density at radius 2 is 2.41 bits per heavy atom. The van der Waals surface area contributed by atoms with Crippen LogP contribution in [0.2, 0.25) is 0 Å². The van der Waals surface area contributed by atoms with E-state index in [1.807, 2.05) is 26.0 Å². The van der Waals surface area contributed by atoms with Crippen LogP contribution in [-0.4, -0.2) is 16.9 Å². The molecule has 0 bridgehead atoms. The van der Waals surface area contributed by atoms with Crippen molar-refractivity contribution in [2.75, 3.05) is 5.73 Å². The smallest absolute Gasteiger partial charge is 0.263 e. The predicted molar refractivity (Wildman–Crippen MR) is 71.3 cm³/mol. The molecule has 0 saturated carbocycles. The Morgan fingerprint density at radius 1 is 1.65 bits per heavy atom. The fourth-order valence-corrected chi connectivity index (χ4v) is 2.48. The van der Waals surface area contributed by atoms with Gasteiger partial charge in [0.05, 0.1) is 5.69 Å². The summed E-state index contributed by atoms with van der Waals surface area (Å²) in [5.41, 5.74) is 6.49. The molecule has 0 radical (unpaired) electrons. The molecule has 0 aliphatic carbocycles.